The lowest BCUT2D eigenvalue weighted by Gasteiger charge is -2.16. The lowest BCUT2D eigenvalue weighted by Crippen LogP contribution is -2.17. The average molecular weight is 256 g/mol. The molecule has 0 spiro atoms. The Morgan fingerprint density at radius 1 is 1.24 bits per heavy atom. The fraction of sp³-hybridized carbons (Fsp3) is 0.583. The van der Waals surface area contributed by atoms with Gasteiger partial charge in [0.1, 0.15) is 0 Å². The minimum atomic E-state index is -3.17. The monoisotopic (exact) mass is 256 g/mol. The number of nitrogens with one attached hydrogen (secondary N) is 1. The van der Waals surface area contributed by atoms with Crippen LogP contribution in [0.5, 0.6) is 0 Å². The van der Waals surface area contributed by atoms with Gasteiger partial charge in [-0.05, 0) is 18.9 Å². The Hall–Kier alpha value is -1.10. The Kier molecular flexibility index (Phi) is 4.93. The van der Waals surface area contributed by atoms with E-state index in [0.29, 0.717) is 6.04 Å². The summed E-state index contributed by atoms with van der Waals surface area (Å²) in [6.45, 7) is 5.83. The quantitative estimate of drug-likeness (QED) is 0.849. The molecule has 0 saturated carbocycles. The fourth-order valence-corrected chi connectivity index (χ4v) is 2.42. The predicted octanol–water partition coefficient (Wildman–Crippen LogP) is 2.48. The smallest absolute Gasteiger partial charge is 0.179 e. The van der Waals surface area contributed by atoms with Crippen molar-refractivity contribution in [2.24, 2.45) is 0 Å². The summed E-state index contributed by atoms with van der Waals surface area (Å²) in [5.41, 5.74) is 0.772. The van der Waals surface area contributed by atoms with E-state index in [-0.39, 0.29) is 10.6 Å². The highest BCUT2D eigenvalue weighted by Gasteiger charge is 2.13. The van der Waals surface area contributed by atoms with Crippen LogP contribution < -0.4 is 5.32 Å². The van der Waals surface area contributed by atoms with E-state index in [4.69, 9.17) is 0 Å². The van der Waals surface area contributed by atoms with E-state index in [1.807, 2.05) is 0 Å². The summed E-state index contributed by atoms with van der Waals surface area (Å²) in [5.74, 6) is 0.100. The summed E-state index contributed by atoms with van der Waals surface area (Å²) in [7, 11) is -3.17. The highest BCUT2D eigenvalue weighted by atomic mass is 32.2. The molecule has 1 aromatic heterocycles. The van der Waals surface area contributed by atoms with Gasteiger partial charge < -0.3 is 5.32 Å². The summed E-state index contributed by atoms with van der Waals surface area (Å²) >= 11 is 0. The van der Waals surface area contributed by atoms with Crippen LogP contribution in [0.25, 0.3) is 0 Å². The van der Waals surface area contributed by atoms with E-state index in [1.54, 1.807) is 19.2 Å². The van der Waals surface area contributed by atoms with Crippen LogP contribution in [0.4, 0.5) is 5.69 Å². The SMILES string of the molecule is CCC(CC)Nc1cncc(S(=O)(=O)CC)c1. The molecule has 0 fully saturated rings. The molecule has 0 saturated heterocycles. The van der Waals surface area contributed by atoms with Crippen molar-refractivity contribution in [3.05, 3.63) is 18.5 Å². The maximum absolute atomic E-state index is 11.7. The maximum Gasteiger partial charge on any atom is 0.179 e. The first kappa shape index (κ1) is 14.0. The second-order valence-electron chi connectivity index (χ2n) is 3.97. The highest BCUT2D eigenvalue weighted by molar-refractivity contribution is 7.91. The van der Waals surface area contributed by atoms with Crippen molar-refractivity contribution in [2.45, 2.75) is 44.6 Å². The average Bonchev–Trinajstić information content (AvgIpc) is 2.36. The van der Waals surface area contributed by atoms with Crippen molar-refractivity contribution in [2.75, 3.05) is 11.1 Å². The molecule has 0 aliphatic heterocycles. The molecule has 0 atom stereocenters. The van der Waals surface area contributed by atoms with Crippen LogP contribution in [-0.4, -0.2) is 25.2 Å². The van der Waals surface area contributed by atoms with Crippen LogP contribution in [0.15, 0.2) is 23.4 Å². The number of rotatable bonds is 6. The second kappa shape index (κ2) is 6.00. The van der Waals surface area contributed by atoms with Gasteiger partial charge in [0.05, 0.1) is 22.5 Å². The van der Waals surface area contributed by atoms with Crippen LogP contribution in [0.2, 0.25) is 0 Å². The minimum Gasteiger partial charge on any atom is -0.381 e. The van der Waals surface area contributed by atoms with Gasteiger partial charge >= 0.3 is 0 Å². The van der Waals surface area contributed by atoms with Gasteiger partial charge in [-0.1, -0.05) is 20.8 Å². The van der Waals surface area contributed by atoms with Gasteiger partial charge in [-0.25, -0.2) is 8.42 Å². The van der Waals surface area contributed by atoms with Gasteiger partial charge in [0.2, 0.25) is 0 Å². The number of hydrogen-bond acceptors (Lipinski definition) is 4. The number of nitrogens with zero attached hydrogens (tertiary/aromatic N) is 1. The molecule has 5 heteroatoms. The third-order valence-corrected chi connectivity index (χ3v) is 4.51. The molecule has 1 aromatic rings. The van der Waals surface area contributed by atoms with E-state index in [0.717, 1.165) is 18.5 Å². The molecule has 0 aliphatic carbocycles. The third kappa shape index (κ3) is 3.70. The topological polar surface area (TPSA) is 59.1 Å². The van der Waals surface area contributed by atoms with Crippen LogP contribution >= 0.6 is 0 Å². The maximum atomic E-state index is 11.7. The third-order valence-electron chi connectivity index (χ3n) is 2.81. The van der Waals surface area contributed by atoms with Gasteiger partial charge in [-0.15, -0.1) is 0 Å². The zero-order valence-corrected chi connectivity index (χ0v) is 11.4. The van der Waals surface area contributed by atoms with Gasteiger partial charge in [0.15, 0.2) is 9.84 Å². The van der Waals surface area contributed by atoms with E-state index in [9.17, 15) is 8.42 Å². The van der Waals surface area contributed by atoms with E-state index >= 15 is 0 Å². The number of pyridine rings is 1. The van der Waals surface area contributed by atoms with Crippen molar-refractivity contribution in [3.8, 4) is 0 Å². The van der Waals surface area contributed by atoms with Gasteiger partial charge in [0.25, 0.3) is 0 Å². The lowest BCUT2D eigenvalue weighted by molar-refractivity contribution is 0.597. The molecule has 0 bridgehead atoms. The molecule has 0 aromatic carbocycles. The Morgan fingerprint density at radius 2 is 1.88 bits per heavy atom. The van der Waals surface area contributed by atoms with Crippen molar-refractivity contribution in [1.82, 2.24) is 4.98 Å². The molecule has 1 heterocycles. The van der Waals surface area contributed by atoms with Gasteiger partial charge in [-0.3, -0.25) is 4.98 Å². The van der Waals surface area contributed by atoms with Crippen LogP contribution in [0.3, 0.4) is 0 Å². The zero-order chi connectivity index (χ0) is 12.9. The highest BCUT2D eigenvalue weighted by Crippen LogP contribution is 2.16. The predicted molar refractivity (Wildman–Crippen MR) is 70.0 cm³/mol. The summed E-state index contributed by atoms with van der Waals surface area (Å²) in [6.07, 6.45) is 5.06. The van der Waals surface area contributed by atoms with Crippen molar-refractivity contribution >= 4 is 15.5 Å². The fourth-order valence-electron chi connectivity index (χ4n) is 1.56. The largest absolute Gasteiger partial charge is 0.381 e. The number of hydrogen-bond donors (Lipinski definition) is 1. The second-order valence-corrected chi connectivity index (χ2v) is 6.25. The molecule has 0 aliphatic rings. The Labute approximate surface area is 103 Å². The molecule has 1 rings (SSSR count). The Bertz CT molecular complexity index is 453. The van der Waals surface area contributed by atoms with Gasteiger partial charge in [-0.2, -0.15) is 0 Å². The van der Waals surface area contributed by atoms with Gasteiger partial charge in [0, 0.05) is 12.2 Å². The lowest BCUT2D eigenvalue weighted by atomic mass is 10.1. The van der Waals surface area contributed by atoms with Crippen LogP contribution in [-0.2, 0) is 9.84 Å². The molecular weight excluding hydrogens is 236 g/mol. The molecule has 4 nitrogen and oxygen atoms in total. The molecule has 0 radical (unpaired) electrons. The summed E-state index contributed by atoms with van der Waals surface area (Å²) < 4.78 is 23.4. The Balaban J connectivity index is 2.94. The Morgan fingerprint density at radius 3 is 2.41 bits per heavy atom. The van der Waals surface area contributed by atoms with Crippen LogP contribution in [0.1, 0.15) is 33.6 Å². The molecule has 96 valence electrons. The van der Waals surface area contributed by atoms with E-state index in [1.165, 1.54) is 6.20 Å². The molecule has 1 N–H and O–H groups in total. The number of anilines is 1. The standard InChI is InChI=1S/C12H20N2O2S/c1-4-10(5-2)14-11-7-12(9-13-8-11)17(15,16)6-3/h7-10,14H,4-6H2,1-3H3. The summed E-state index contributed by atoms with van der Waals surface area (Å²) in [6, 6.07) is 2.01. The molecule has 0 unspecified atom stereocenters. The van der Waals surface area contributed by atoms with Crippen molar-refractivity contribution in [3.63, 3.8) is 0 Å². The normalized spacial score (nSPS) is 11.8. The number of sulfone groups is 1. The molecular formula is C12H20N2O2S. The first-order valence-electron chi connectivity index (χ1n) is 5.97. The van der Waals surface area contributed by atoms with E-state index in [2.05, 4.69) is 24.1 Å². The first-order valence-corrected chi connectivity index (χ1v) is 7.63. The molecule has 17 heavy (non-hydrogen) atoms. The summed E-state index contributed by atoms with van der Waals surface area (Å²) in [4.78, 5) is 4.27. The number of aromatic nitrogens is 1. The van der Waals surface area contributed by atoms with Crippen molar-refractivity contribution in [1.29, 1.82) is 0 Å². The van der Waals surface area contributed by atoms with Crippen molar-refractivity contribution < 1.29 is 8.42 Å². The van der Waals surface area contributed by atoms with Crippen LogP contribution in [0, 0.1) is 0 Å². The van der Waals surface area contributed by atoms with E-state index < -0.39 is 9.84 Å². The minimum absolute atomic E-state index is 0.100. The zero-order valence-electron chi connectivity index (χ0n) is 10.6. The summed E-state index contributed by atoms with van der Waals surface area (Å²) in [5, 5.41) is 3.29. The first-order chi connectivity index (χ1) is 8.03. The molecule has 0 amide bonds.